The van der Waals surface area contributed by atoms with E-state index < -0.39 is 21.4 Å². The lowest BCUT2D eigenvalue weighted by atomic mass is 9.77. The number of sulfone groups is 1. The molecule has 0 aliphatic heterocycles. The zero-order valence-corrected chi connectivity index (χ0v) is 21.3. The van der Waals surface area contributed by atoms with E-state index in [1.807, 2.05) is 39.0 Å². The Balaban J connectivity index is 1.85. The monoisotopic (exact) mass is 502 g/mol. The van der Waals surface area contributed by atoms with Gasteiger partial charge in [0, 0.05) is 11.7 Å². The molecule has 0 amide bonds. The normalized spacial score (nSPS) is 12.7. The van der Waals surface area contributed by atoms with Gasteiger partial charge in [-0.25, -0.2) is 13.4 Å². The lowest BCUT2D eigenvalue weighted by Crippen LogP contribution is -2.19. The third-order valence-electron chi connectivity index (χ3n) is 5.51. The van der Waals surface area contributed by atoms with Crippen molar-refractivity contribution in [1.82, 2.24) is 4.98 Å². The molecule has 34 heavy (non-hydrogen) atoms. The third kappa shape index (κ3) is 5.37. The van der Waals surface area contributed by atoms with Gasteiger partial charge in [-0.15, -0.1) is 0 Å². The molecule has 0 spiro atoms. The lowest BCUT2D eigenvalue weighted by Gasteiger charge is -2.27. The van der Waals surface area contributed by atoms with Crippen molar-refractivity contribution in [1.29, 1.82) is 5.26 Å². The fourth-order valence-corrected chi connectivity index (χ4v) is 4.64. The van der Waals surface area contributed by atoms with Crippen LogP contribution in [-0.2, 0) is 15.3 Å². The van der Waals surface area contributed by atoms with Gasteiger partial charge in [-0.3, -0.25) is 0 Å². The minimum Gasteiger partial charge on any atom is -0.491 e. The van der Waals surface area contributed by atoms with Crippen LogP contribution in [0.3, 0.4) is 0 Å². The first-order chi connectivity index (χ1) is 16.0. The number of nitrogens with zero attached hydrogens (tertiary/aromatic N) is 2. The molecule has 180 valence electrons. The van der Waals surface area contributed by atoms with E-state index in [9.17, 15) is 13.7 Å². The van der Waals surface area contributed by atoms with Crippen LogP contribution < -0.4 is 9.47 Å². The molecule has 0 aliphatic carbocycles. The van der Waals surface area contributed by atoms with Crippen LogP contribution >= 0.6 is 11.6 Å². The highest BCUT2D eigenvalue weighted by atomic mass is 35.5. The number of ether oxygens (including phenoxy) is 2. The average Bonchev–Trinajstić information content (AvgIpc) is 3.29. The predicted octanol–water partition coefficient (Wildman–Crippen LogP) is 5.86. The number of rotatable bonds is 9. The summed E-state index contributed by atoms with van der Waals surface area (Å²) in [6, 6.07) is 13.3. The summed E-state index contributed by atoms with van der Waals surface area (Å²) in [4.78, 5) is 3.80. The largest absolute Gasteiger partial charge is 0.491 e. The molecule has 0 aliphatic rings. The Morgan fingerprint density at radius 2 is 1.88 bits per heavy atom. The highest BCUT2D eigenvalue weighted by molar-refractivity contribution is 7.90. The zero-order valence-electron chi connectivity index (χ0n) is 19.8. The van der Waals surface area contributed by atoms with E-state index in [-0.39, 0.29) is 10.8 Å². The van der Waals surface area contributed by atoms with Gasteiger partial charge >= 0.3 is 0 Å². The fourth-order valence-electron chi connectivity index (χ4n) is 3.56. The quantitative estimate of drug-likeness (QED) is 0.361. The second-order valence-electron chi connectivity index (χ2n) is 8.50. The predicted molar refractivity (Wildman–Crippen MR) is 129 cm³/mol. The standard InChI is InChI=1S/C25H27ClN2O5S/c1-6-11-31-23-17(14-27)12-19(13-21(23)26)25(3,4)18-7-9-20(10-8-18)33-16(2)22-24(28-15-32-22)34(5,29)30/h7-10,12-13,15-16H,6,11H2,1-5H3. The molecular formula is C25H27ClN2O5S. The van der Waals surface area contributed by atoms with Gasteiger partial charge in [0.1, 0.15) is 11.8 Å². The van der Waals surface area contributed by atoms with E-state index >= 15 is 0 Å². The van der Waals surface area contributed by atoms with Crippen molar-refractivity contribution >= 4 is 21.4 Å². The highest BCUT2D eigenvalue weighted by Gasteiger charge is 2.27. The van der Waals surface area contributed by atoms with Crippen molar-refractivity contribution in [3.05, 3.63) is 70.3 Å². The molecule has 2 aromatic carbocycles. The molecule has 7 nitrogen and oxygen atoms in total. The minimum absolute atomic E-state index is 0.130. The summed E-state index contributed by atoms with van der Waals surface area (Å²) < 4.78 is 40.6. The minimum atomic E-state index is -3.53. The van der Waals surface area contributed by atoms with Crippen molar-refractivity contribution < 1.29 is 22.3 Å². The molecule has 0 saturated heterocycles. The zero-order chi connectivity index (χ0) is 25.1. The van der Waals surface area contributed by atoms with Crippen molar-refractivity contribution in [3.8, 4) is 17.6 Å². The van der Waals surface area contributed by atoms with Crippen LogP contribution in [0.1, 0.15) is 62.7 Å². The van der Waals surface area contributed by atoms with Crippen LogP contribution in [0.2, 0.25) is 5.02 Å². The van der Waals surface area contributed by atoms with Crippen molar-refractivity contribution in [2.24, 2.45) is 0 Å². The van der Waals surface area contributed by atoms with E-state index in [2.05, 4.69) is 11.1 Å². The summed E-state index contributed by atoms with van der Waals surface area (Å²) in [6.07, 6.45) is 2.33. The summed E-state index contributed by atoms with van der Waals surface area (Å²) >= 11 is 6.47. The highest BCUT2D eigenvalue weighted by Crippen LogP contribution is 2.39. The lowest BCUT2D eigenvalue weighted by molar-refractivity contribution is 0.191. The van der Waals surface area contributed by atoms with Gasteiger partial charge < -0.3 is 13.9 Å². The van der Waals surface area contributed by atoms with Crippen molar-refractivity contribution in [2.75, 3.05) is 12.9 Å². The van der Waals surface area contributed by atoms with Crippen molar-refractivity contribution in [2.45, 2.75) is 50.7 Å². The SMILES string of the molecule is CCCOc1c(Cl)cc(C(C)(C)c2ccc(OC(C)c3ocnc3S(C)(=O)=O)cc2)cc1C#N. The second kappa shape index (κ2) is 10.1. The van der Waals surface area contributed by atoms with E-state index in [0.717, 1.165) is 30.2 Å². The number of nitriles is 1. The maximum atomic E-state index is 11.9. The van der Waals surface area contributed by atoms with E-state index in [1.165, 1.54) is 0 Å². The maximum Gasteiger partial charge on any atom is 0.200 e. The fraction of sp³-hybridized carbons (Fsp3) is 0.360. The topological polar surface area (TPSA) is 102 Å². The molecule has 0 bridgehead atoms. The Labute approximate surface area is 205 Å². The summed E-state index contributed by atoms with van der Waals surface area (Å²) in [5.41, 5.74) is 1.79. The van der Waals surface area contributed by atoms with Gasteiger partial charge in [0.2, 0.25) is 0 Å². The van der Waals surface area contributed by atoms with E-state index in [1.54, 1.807) is 25.1 Å². The molecule has 3 aromatic rings. The maximum absolute atomic E-state index is 11.9. The molecule has 0 radical (unpaired) electrons. The number of halogens is 1. The van der Waals surface area contributed by atoms with Crippen LogP contribution in [-0.4, -0.2) is 26.3 Å². The third-order valence-corrected chi connectivity index (χ3v) is 6.80. The van der Waals surface area contributed by atoms with Gasteiger partial charge in [-0.2, -0.15) is 5.26 Å². The molecule has 0 fully saturated rings. The summed E-state index contributed by atoms with van der Waals surface area (Å²) in [5.74, 6) is 1.10. The first-order valence-electron chi connectivity index (χ1n) is 10.8. The molecule has 1 atom stereocenters. The average molecular weight is 503 g/mol. The summed E-state index contributed by atoms with van der Waals surface area (Å²) in [6.45, 7) is 8.24. The summed E-state index contributed by atoms with van der Waals surface area (Å²) in [7, 11) is -3.53. The number of benzene rings is 2. The Bertz CT molecular complexity index is 1310. The Morgan fingerprint density at radius 3 is 2.47 bits per heavy atom. The number of hydrogen-bond donors (Lipinski definition) is 0. The molecule has 1 heterocycles. The first kappa shape index (κ1) is 25.6. The van der Waals surface area contributed by atoms with E-state index in [0.29, 0.717) is 28.7 Å². The second-order valence-corrected chi connectivity index (χ2v) is 10.8. The molecular weight excluding hydrogens is 476 g/mol. The summed E-state index contributed by atoms with van der Waals surface area (Å²) in [5, 5.41) is 9.89. The smallest absolute Gasteiger partial charge is 0.200 e. The van der Waals surface area contributed by atoms with Crippen LogP contribution in [0.5, 0.6) is 11.5 Å². The molecule has 1 unspecified atom stereocenters. The van der Waals surface area contributed by atoms with Gasteiger partial charge in [0.25, 0.3) is 0 Å². The number of oxazole rings is 1. The first-order valence-corrected chi connectivity index (χ1v) is 13.0. The van der Waals surface area contributed by atoms with E-state index in [4.69, 9.17) is 25.5 Å². The van der Waals surface area contributed by atoms with Gasteiger partial charge in [-0.05, 0) is 48.7 Å². The van der Waals surface area contributed by atoms with Crippen LogP contribution in [0.15, 0.2) is 52.2 Å². The van der Waals surface area contributed by atoms with Gasteiger partial charge in [0.05, 0.1) is 17.2 Å². The van der Waals surface area contributed by atoms with Gasteiger partial charge in [0.15, 0.2) is 38.9 Å². The van der Waals surface area contributed by atoms with Crippen LogP contribution in [0.25, 0.3) is 0 Å². The molecule has 0 saturated carbocycles. The van der Waals surface area contributed by atoms with Crippen LogP contribution in [0.4, 0.5) is 0 Å². The van der Waals surface area contributed by atoms with Crippen molar-refractivity contribution in [3.63, 3.8) is 0 Å². The van der Waals surface area contributed by atoms with Crippen LogP contribution in [0, 0.1) is 11.3 Å². The molecule has 1 aromatic heterocycles. The molecule has 9 heteroatoms. The number of hydrogen-bond acceptors (Lipinski definition) is 7. The number of aromatic nitrogens is 1. The molecule has 0 N–H and O–H groups in total. The molecule has 3 rings (SSSR count). The van der Waals surface area contributed by atoms with Gasteiger partial charge in [-0.1, -0.05) is 44.5 Å². The Hall–Kier alpha value is -3.02. The Morgan fingerprint density at radius 1 is 1.21 bits per heavy atom. The Kier molecular flexibility index (Phi) is 7.59.